The highest BCUT2D eigenvalue weighted by Crippen LogP contribution is 2.32. The number of ketones is 1. The zero-order chi connectivity index (χ0) is 15.7. The van der Waals surface area contributed by atoms with Gasteiger partial charge in [0.1, 0.15) is 0 Å². The molecule has 6 heteroatoms. The van der Waals surface area contributed by atoms with E-state index < -0.39 is 16.6 Å². The van der Waals surface area contributed by atoms with Crippen molar-refractivity contribution in [2.24, 2.45) is 0 Å². The Morgan fingerprint density at radius 2 is 1.77 bits per heavy atom. The first-order valence-corrected chi connectivity index (χ1v) is 6.48. The van der Waals surface area contributed by atoms with Gasteiger partial charge in [0.2, 0.25) is 0 Å². The third-order valence-corrected chi connectivity index (χ3v) is 3.35. The Hall–Kier alpha value is -3.28. The Labute approximate surface area is 125 Å². The lowest BCUT2D eigenvalue weighted by atomic mass is 10.0. The SMILES string of the molecule is O=C1Nc2ccccc2/C1=C/C(=O)c1ccccc1[N+](=O)[O-]. The van der Waals surface area contributed by atoms with Crippen LogP contribution in [0.25, 0.3) is 5.57 Å². The van der Waals surface area contributed by atoms with E-state index in [2.05, 4.69) is 5.32 Å². The number of carbonyl (C=O) groups excluding carboxylic acids is 2. The molecule has 2 aromatic rings. The molecule has 1 aliphatic rings. The summed E-state index contributed by atoms with van der Waals surface area (Å²) in [7, 11) is 0. The number of allylic oxidation sites excluding steroid dienone is 1. The molecule has 1 aliphatic heterocycles. The number of fused-ring (bicyclic) bond motifs is 1. The lowest BCUT2D eigenvalue weighted by Crippen LogP contribution is -2.07. The van der Waals surface area contributed by atoms with Gasteiger partial charge in [-0.3, -0.25) is 19.7 Å². The molecule has 3 rings (SSSR count). The topological polar surface area (TPSA) is 89.3 Å². The lowest BCUT2D eigenvalue weighted by molar-refractivity contribution is -0.385. The number of nitro groups is 1. The molecule has 0 aliphatic carbocycles. The number of benzene rings is 2. The Morgan fingerprint density at radius 3 is 2.55 bits per heavy atom. The minimum Gasteiger partial charge on any atom is -0.321 e. The van der Waals surface area contributed by atoms with Gasteiger partial charge < -0.3 is 5.32 Å². The summed E-state index contributed by atoms with van der Waals surface area (Å²) in [5, 5.41) is 13.6. The first-order valence-electron chi connectivity index (χ1n) is 6.48. The first kappa shape index (κ1) is 13.7. The number of nitro benzene ring substituents is 1. The molecule has 0 fully saturated rings. The molecule has 0 saturated carbocycles. The van der Waals surface area contributed by atoms with Crippen LogP contribution in [0.1, 0.15) is 15.9 Å². The van der Waals surface area contributed by atoms with Crippen LogP contribution in [0.15, 0.2) is 54.6 Å². The van der Waals surface area contributed by atoms with Gasteiger partial charge in [0, 0.05) is 17.3 Å². The van der Waals surface area contributed by atoms with Crippen molar-refractivity contribution in [1.82, 2.24) is 0 Å². The number of hydrogen-bond acceptors (Lipinski definition) is 4. The second-order valence-corrected chi connectivity index (χ2v) is 4.70. The number of nitrogens with zero attached hydrogens (tertiary/aromatic N) is 1. The Bertz CT molecular complexity index is 840. The predicted octanol–water partition coefficient (Wildman–Crippen LogP) is 2.81. The number of carbonyl (C=O) groups is 2. The van der Waals surface area contributed by atoms with Crippen molar-refractivity contribution in [2.45, 2.75) is 0 Å². The van der Waals surface area contributed by atoms with Crippen LogP contribution in [-0.4, -0.2) is 16.6 Å². The van der Waals surface area contributed by atoms with Crippen LogP contribution in [0.3, 0.4) is 0 Å². The maximum Gasteiger partial charge on any atom is 0.280 e. The van der Waals surface area contributed by atoms with Crippen LogP contribution in [0.2, 0.25) is 0 Å². The highest BCUT2D eigenvalue weighted by Gasteiger charge is 2.26. The maximum atomic E-state index is 12.3. The van der Waals surface area contributed by atoms with E-state index in [0.717, 1.165) is 6.08 Å². The van der Waals surface area contributed by atoms with Gasteiger partial charge in [-0.1, -0.05) is 30.3 Å². The maximum absolute atomic E-state index is 12.3. The fourth-order valence-corrected chi connectivity index (χ4v) is 2.33. The van der Waals surface area contributed by atoms with E-state index in [9.17, 15) is 19.7 Å². The van der Waals surface area contributed by atoms with E-state index in [1.54, 1.807) is 30.3 Å². The molecule has 0 aromatic heterocycles. The molecule has 22 heavy (non-hydrogen) atoms. The minimum atomic E-state index is -0.617. The van der Waals surface area contributed by atoms with Gasteiger partial charge in [-0.25, -0.2) is 0 Å². The summed E-state index contributed by atoms with van der Waals surface area (Å²) in [6.07, 6.45) is 1.14. The van der Waals surface area contributed by atoms with Crippen LogP contribution in [0.5, 0.6) is 0 Å². The lowest BCUT2D eigenvalue weighted by Gasteiger charge is -2.00. The van der Waals surface area contributed by atoms with Crippen molar-refractivity contribution in [3.05, 3.63) is 75.8 Å². The molecular formula is C16H10N2O4. The third kappa shape index (κ3) is 2.26. The largest absolute Gasteiger partial charge is 0.321 e. The van der Waals surface area contributed by atoms with E-state index in [-0.39, 0.29) is 16.8 Å². The Kier molecular flexibility index (Phi) is 3.27. The van der Waals surface area contributed by atoms with Gasteiger partial charge in [-0.15, -0.1) is 0 Å². The molecule has 6 nitrogen and oxygen atoms in total. The second kappa shape index (κ2) is 5.25. The third-order valence-electron chi connectivity index (χ3n) is 3.35. The highest BCUT2D eigenvalue weighted by atomic mass is 16.6. The predicted molar refractivity (Wildman–Crippen MR) is 80.5 cm³/mol. The average molecular weight is 294 g/mol. The molecule has 1 heterocycles. The zero-order valence-electron chi connectivity index (χ0n) is 11.3. The van der Waals surface area contributed by atoms with E-state index in [1.165, 1.54) is 18.2 Å². The average Bonchev–Trinajstić information content (AvgIpc) is 2.83. The zero-order valence-corrected chi connectivity index (χ0v) is 11.3. The fraction of sp³-hybridized carbons (Fsp3) is 0. The quantitative estimate of drug-likeness (QED) is 0.408. The van der Waals surface area contributed by atoms with Gasteiger partial charge >= 0.3 is 0 Å². The monoisotopic (exact) mass is 294 g/mol. The van der Waals surface area contributed by atoms with Crippen molar-refractivity contribution >= 4 is 28.6 Å². The van der Waals surface area contributed by atoms with Gasteiger partial charge in [-0.2, -0.15) is 0 Å². The van der Waals surface area contributed by atoms with Crippen molar-refractivity contribution in [2.75, 3.05) is 5.32 Å². The smallest absolute Gasteiger partial charge is 0.280 e. The molecule has 0 unspecified atom stereocenters. The van der Waals surface area contributed by atoms with Gasteiger partial charge in [-0.05, 0) is 18.2 Å². The molecule has 1 N–H and O–H groups in total. The molecule has 0 saturated heterocycles. The summed E-state index contributed by atoms with van der Waals surface area (Å²) in [6.45, 7) is 0. The number of hydrogen-bond donors (Lipinski definition) is 1. The Morgan fingerprint density at radius 1 is 1.09 bits per heavy atom. The van der Waals surface area contributed by atoms with Crippen molar-refractivity contribution in [3.63, 3.8) is 0 Å². The Balaban J connectivity index is 2.05. The first-order chi connectivity index (χ1) is 10.6. The molecule has 1 amide bonds. The molecule has 0 atom stereocenters. The van der Waals surface area contributed by atoms with Crippen LogP contribution in [-0.2, 0) is 4.79 Å². The molecule has 0 bridgehead atoms. The van der Waals surface area contributed by atoms with E-state index >= 15 is 0 Å². The highest BCUT2D eigenvalue weighted by molar-refractivity contribution is 6.35. The summed E-state index contributed by atoms with van der Waals surface area (Å²) in [4.78, 5) is 34.6. The normalized spacial score (nSPS) is 14.5. The number of nitrogens with one attached hydrogen (secondary N) is 1. The van der Waals surface area contributed by atoms with E-state index in [4.69, 9.17) is 0 Å². The summed E-state index contributed by atoms with van der Waals surface area (Å²) in [5.41, 5.74) is 1.11. The number of rotatable bonds is 3. The minimum absolute atomic E-state index is 0.0443. The van der Waals surface area contributed by atoms with Crippen molar-refractivity contribution in [3.8, 4) is 0 Å². The van der Waals surface area contributed by atoms with E-state index in [1.807, 2.05) is 0 Å². The van der Waals surface area contributed by atoms with Crippen molar-refractivity contribution in [1.29, 1.82) is 0 Å². The van der Waals surface area contributed by atoms with Crippen LogP contribution < -0.4 is 5.32 Å². The molecule has 2 aromatic carbocycles. The number of amides is 1. The summed E-state index contributed by atoms with van der Waals surface area (Å²) < 4.78 is 0. The van der Waals surface area contributed by atoms with Gasteiger partial charge in [0.25, 0.3) is 11.6 Å². The van der Waals surface area contributed by atoms with Gasteiger partial charge in [0.05, 0.1) is 16.1 Å². The summed E-state index contributed by atoms with van der Waals surface area (Å²) in [6, 6.07) is 12.6. The van der Waals surface area contributed by atoms with Crippen LogP contribution in [0, 0.1) is 10.1 Å². The molecule has 0 radical (unpaired) electrons. The number of para-hydroxylation sites is 2. The standard InChI is InChI=1S/C16H10N2O4/c19-15(11-6-2-4-8-14(11)18(21)22)9-12-10-5-1-3-7-13(10)17-16(12)20/h1-9H,(H,17,20)/b12-9-. The van der Waals surface area contributed by atoms with Crippen LogP contribution >= 0.6 is 0 Å². The van der Waals surface area contributed by atoms with Crippen LogP contribution in [0.4, 0.5) is 11.4 Å². The molecular weight excluding hydrogens is 284 g/mol. The van der Waals surface area contributed by atoms with Gasteiger partial charge in [0.15, 0.2) is 5.78 Å². The summed E-state index contributed by atoms with van der Waals surface area (Å²) >= 11 is 0. The fourth-order valence-electron chi connectivity index (χ4n) is 2.33. The number of anilines is 1. The molecule has 108 valence electrons. The second-order valence-electron chi connectivity index (χ2n) is 4.70. The van der Waals surface area contributed by atoms with Crippen molar-refractivity contribution < 1.29 is 14.5 Å². The molecule has 0 spiro atoms. The summed E-state index contributed by atoms with van der Waals surface area (Å²) in [5.74, 6) is -0.970. The van der Waals surface area contributed by atoms with E-state index in [0.29, 0.717) is 11.3 Å².